The maximum absolute atomic E-state index is 14.0. The van der Waals surface area contributed by atoms with Gasteiger partial charge in [-0.15, -0.1) is 0 Å². The van der Waals surface area contributed by atoms with Crippen LogP contribution in [0.3, 0.4) is 0 Å². The van der Waals surface area contributed by atoms with Crippen molar-refractivity contribution in [2.24, 2.45) is 5.14 Å². The molecule has 0 atom stereocenters. The Morgan fingerprint density at radius 1 is 1.18 bits per heavy atom. The number of rotatable bonds is 6. The van der Waals surface area contributed by atoms with Crippen LogP contribution in [0.25, 0.3) is 27.9 Å². The van der Waals surface area contributed by atoms with E-state index < -0.39 is 15.8 Å². The molecule has 0 saturated heterocycles. The van der Waals surface area contributed by atoms with Crippen molar-refractivity contribution in [3.8, 4) is 11.3 Å². The third-order valence-electron chi connectivity index (χ3n) is 4.73. The molecule has 0 aliphatic heterocycles. The average molecular weight is 474 g/mol. The van der Waals surface area contributed by atoms with Crippen LogP contribution in [-0.2, 0) is 10.0 Å². The fraction of sp³-hybridized carbons (Fsp3) is 0.190. The van der Waals surface area contributed by atoms with Gasteiger partial charge in [-0.1, -0.05) is 19.6 Å². The lowest BCUT2D eigenvalue weighted by Gasteiger charge is -2.12. The monoisotopic (exact) mass is 473 g/mol. The Morgan fingerprint density at radius 3 is 2.58 bits per heavy atom. The number of aromatic nitrogens is 3. The highest BCUT2D eigenvalue weighted by atomic mass is 32.2. The number of carbonyl (C=O) groups is 1. The van der Waals surface area contributed by atoms with E-state index in [4.69, 9.17) is 5.14 Å². The second-order valence-corrected chi connectivity index (χ2v) is 8.71. The van der Waals surface area contributed by atoms with Crippen LogP contribution in [0, 0.1) is 5.82 Å². The summed E-state index contributed by atoms with van der Waals surface area (Å²) in [7, 11) is -2.13. The lowest BCUT2D eigenvalue weighted by atomic mass is 10.1. The van der Waals surface area contributed by atoms with Crippen LogP contribution in [0.1, 0.15) is 7.43 Å². The molecule has 2 aromatic carbocycles. The molecule has 0 aliphatic carbocycles. The van der Waals surface area contributed by atoms with E-state index in [2.05, 4.69) is 25.9 Å². The van der Waals surface area contributed by atoms with Gasteiger partial charge in [0.15, 0.2) is 11.5 Å². The number of anilines is 2. The third kappa shape index (κ3) is 5.18. The van der Waals surface area contributed by atoms with Gasteiger partial charge in [-0.25, -0.2) is 32.7 Å². The molecular weight excluding hydrogens is 449 g/mol. The summed E-state index contributed by atoms with van der Waals surface area (Å²) in [5.41, 5.74) is 3.43. The molecule has 33 heavy (non-hydrogen) atoms. The molecule has 12 heteroatoms. The van der Waals surface area contributed by atoms with E-state index >= 15 is 0 Å². The minimum atomic E-state index is -3.65. The summed E-state index contributed by atoms with van der Waals surface area (Å²) in [6.07, 6.45) is 1.62. The number of nitrogens with two attached hydrogens (primary N) is 1. The normalized spacial score (nSPS) is 11.2. The second kappa shape index (κ2) is 9.38. The Morgan fingerprint density at radius 2 is 1.91 bits per heavy atom. The number of nitrogens with zero attached hydrogens (tertiary/aromatic N) is 3. The summed E-state index contributed by atoms with van der Waals surface area (Å²) in [6, 6.07) is 10.9. The van der Waals surface area contributed by atoms with Gasteiger partial charge in [0.1, 0.15) is 5.82 Å². The number of hydrogen-bond donors (Lipinski definition) is 4. The van der Waals surface area contributed by atoms with Gasteiger partial charge >= 0.3 is 6.03 Å². The van der Waals surface area contributed by atoms with Crippen LogP contribution < -0.4 is 21.1 Å². The highest BCUT2D eigenvalue weighted by Crippen LogP contribution is 2.29. The van der Waals surface area contributed by atoms with Gasteiger partial charge in [-0.2, -0.15) is 0 Å². The molecule has 2 heterocycles. The first-order valence-electron chi connectivity index (χ1n) is 9.55. The van der Waals surface area contributed by atoms with Crippen LogP contribution in [0.5, 0.6) is 0 Å². The predicted octanol–water partition coefficient (Wildman–Crippen LogP) is 2.78. The molecule has 10 nitrogen and oxygen atoms in total. The van der Waals surface area contributed by atoms with E-state index in [-0.39, 0.29) is 25.8 Å². The standard InChI is InChI=1S/C20H20FN7O3S.CH4/c1-23-20(29)26-14-5-2-12(3-6-14)17-11-25-19-18(24-8-9-32(22,30)31)27-15-7-4-13(21)10-16(15)28(17)19;/h2-7,10-11H,8-9H2,1H3,(H,24,27)(H2,22,30,31)(H2,23,26,29);1H4. The Hall–Kier alpha value is -3.77. The minimum Gasteiger partial charge on any atom is -0.366 e. The maximum atomic E-state index is 14.0. The number of primary sulfonamides is 1. The van der Waals surface area contributed by atoms with Gasteiger partial charge in [-0.3, -0.25) is 4.40 Å². The van der Waals surface area contributed by atoms with Crippen molar-refractivity contribution in [3.05, 3.63) is 54.5 Å². The first kappa shape index (κ1) is 23.9. The number of nitrogens with one attached hydrogen (secondary N) is 3. The molecule has 0 spiro atoms. The van der Waals surface area contributed by atoms with Crippen LogP contribution in [0.4, 0.5) is 20.7 Å². The Labute approximate surface area is 190 Å². The molecular formula is C21H24FN7O3S. The van der Waals surface area contributed by atoms with Crippen molar-refractivity contribution >= 4 is 44.2 Å². The summed E-state index contributed by atoms with van der Waals surface area (Å²) >= 11 is 0. The SMILES string of the molecule is C.CNC(=O)Nc1ccc(-c2cnc3c(NCCS(N)(=O)=O)nc4ccc(F)cc4n23)cc1. The highest BCUT2D eigenvalue weighted by Gasteiger charge is 2.16. The topological polar surface area (TPSA) is 144 Å². The van der Waals surface area contributed by atoms with Gasteiger partial charge < -0.3 is 16.0 Å². The molecule has 5 N–H and O–H groups in total. The molecule has 0 aliphatic rings. The number of amides is 2. The van der Waals surface area contributed by atoms with Crippen molar-refractivity contribution in [1.82, 2.24) is 19.7 Å². The molecule has 2 aromatic heterocycles. The number of urea groups is 1. The van der Waals surface area contributed by atoms with E-state index in [1.54, 1.807) is 34.9 Å². The molecule has 0 unspecified atom stereocenters. The van der Waals surface area contributed by atoms with Crippen molar-refractivity contribution in [1.29, 1.82) is 0 Å². The summed E-state index contributed by atoms with van der Waals surface area (Å²) in [5, 5.41) is 13.2. The van der Waals surface area contributed by atoms with Gasteiger partial charge in [0, 0.05) is 30.9 Å². The van der Waals surface area contributed by atoms with Crippen molar-refractivity contribution in [2.75, 3.05) is 30.0 Å². The van der Waals surface area contributed by atoms with Crippen molar-refractivity contribution in [2.45, 2.75) is 7.43 Å². The number of imidazole rings is 1. The van der Waals surface area contributed by atoms with Crippen LogP contribution >= 0.6 is 0 Å². The summed E-state index contributed by atoms with van der Waals surface area (Å²) < 4.78 is 38.3. The number of fused-ring (bicyclic) bond motifs is 3. The maximum Gasteiger partial charge on any atom is 0.318 e. The zero-order chi connectivity index (χ0) is 22.9. The number of carbonyl (C=O) groups excluding carboxylic acids is 1. The zero-order valence-corrected chi connectivity index (χ0v) is 17.8. The first-order valence-corrected chi connectivity index (χ1v) is 11.3. The predicted molar refractivity (Wildman–Crippen MR) is 127 cm³/mol. The van der Waals surface area contributed by atoms with Gasteiger partial charge in [0.25, 0.3) is 0 Å². The van der Waals surface area contributed by atoms with E-state index in [9.17, 15) is 17.6 Å². The summed E-state index contributed by atoms with van der Waals surface area (Å²) in [4.78, 5) is 20.4. The number of hydrogen-bond acceptors (Lipinski definition) is 6. The number of benzene rings is 2. The van der Waals surface area contributed by atoms with Crippen LogP contribution in [0.2, 0.25) is 0 Å². The molecule has 0 fully saturated rings. The quantitative estimate of drug-likeness (QED) is 0.339. The lowest BCUT2D eigenvalue weighted by Crippen LogP contribution is -2.24. The molecule has 0 radical (unpaired) electrons. The van der Waals surface area contributed by atoms with Gasteiger partial charge in [-0.05, 0) is 24.3 Å². The highest BCUT2D eigenvalue weighted by molar-refractivity contribution is 7.89. The average Bonchev–Trinajstić information content (AvgIpc) is 3.19. The largest absolute Gasteiger partial charge is 0.366 e. The minimum absolute atomic E-state index is 0. The lowest BCUT2D eigenvalue weighted by molar-refractivity contribution is 0.254. The van der Waals surface area contributed by atoms with E-state index in [1.807, 2.05) is 0 Å². The fourth-order valence-electron chi connectivity index (χ4n) is 3.26. The van der Waals surface area contributed by atoms with Gasteiger partial charge in [0.05, 0.1) is 28.7 Å². The molecule has 2 amide bonds. The molecule has 0 bridgehead atoms. The number of halogens is 1. The van der Waals surface area contributed by atoms with Crippen LogP contribution in [0.15, 0.2) is 48.7 Å². The molecule has 174 valence electrons. The fourth-order valence-corrected chi connectivity index (χ4v) is 3.64. The molecule has 4 rings (SSSR count). The second-order valence-electron chi connectivity index (χ2n) is 6.97. The van der Waals surface area contributed by atoms with Crippen molar-refractivity contribution in [3.63, 3.8) is 0 Å². The van der Waals surface area contributed by atoms with Gasteiger partial charge in [0.2, 0.25) is 10.0 Å². The first-order chi connectivity index (χ1) is 15.2. The van der Waals surface area contributed by atoms with Crippen molar-refractivity contribution < 1.29 is 17.6 Å². The molecule has 0 saturated carbocycles. The Bertz CT molecular complexity index is 1420. The van der Waals surface area contributed by atoms with E-state index in [1.165, 1.54) is 25.2 Å². The van der Waals surface area contributed by atoms with E-state index in [0.717, 1.165) is 5.56 Å². The number of sulfonamides is 1. The smallest absolute Gasteiger partial charge is 0.318 e. The Balaban J connectivity index is 0.00000306. The summed E-state index contributed by atoms with van der Waals surface area (Å²) in [5.74, 6) is -0.368. The summed E-state index contributed by atoms with van der Waals surface area (Å²) in [6.45, 7) is 0.0379. The zero-order valence-electron chi connectivity index (χ0n) is 17.0. The van der Waals surface area contributed by atoms with E-state index in [0.29, 0.717) is 33.9 Å². The molecule has 4 aromatic rings. The van der Waals surface area contributed by atoms with Crippen LogP contribution in [-0.4, -0.2) is 48.2 Å². The Kier molecular flexibility index (Phi) is 6.79. The third-order valence-corrected chi connectivity index (χ3v) is 5.50.